The molecule has 4 rings (SSSR count). The molecule has 0 radical (unpaired) electrons. The second-order valence-corrected chi connectivity index (χ2v) is 9.19. The first-order chi connectivity index (χ1) is 16.0. The van der Waals surface area contributed by atoms with Gasteiger partial charge in [-0.1, -0.05) is 0 Å². The summed E-state index contributed by atoms with van der Waals surface area (Å²) in [4.78, 5) is 37.0. The summed E-state index contributed by atoms with van der Waals surface area (Å²) in [6, 6.07) is -0.489. The summed E-state index contributed by atoms with van der Waals surface area (Å²) in [6.07, 6.45) is -2.85. The van der Waals surface area contributed by atoms with Crippen molar-refractivity contribution in [3.05, 3.63) is 18.0 Å². The fourth-order valence-electron chi connectivity index (χ4n) is 4.82. The quantitative estimate of drug-likeness (QED) is 0.674. The number of rotatable bonds is 5. The van der Waals surface area contributed by atoms with Crippen molar-refractivity contribution < 1.29 is 37.3 Å². The minimum absolute atomic E-state index is 0.00364. The molecule has 2 amide bonds. The van der Waals surface area contributed by atoms with Crippen molar-refractivity contribution in [3.8, 4) is 0 Å². The average molecular weight is 487 g/mol. The van der Waals surface area contributed by atoms with Crippen LogP contribution in [0.25, 0.3) is 0 Å². The second kappa shape index (κ2) is 9.17. The van der Waals surface area contributed by atoms with Crippen LogP contribution in [-0.4, -0.2) is 93.6 Å². The molecule has 0 aromatic carbocycles. The topological polar surface area (TPSA) is 108 Å². The number of piperidine rings is 1. The lowest BCUT2D eigenvalue weighted by atomic mass is 10.0. The van der Waals surface area contributed by atoms with Gasteiger partial charge < -0.3 is 24.4 Å². The normalized spacial score (nSPS) is 25.9. The lowest BCUT2D eigenvalue weighted by Gasteiger charge is -2.36. The molecule has 0 spiro atoms. The monoisotopic (exact) mass is 487 g/mol. The Morgan fingerprint density at radius 2 is 1.85 bits per heavy atom. The number of hydrogen-bond donors (Lipinski definition) is 1. The van der Waals surface area contributed by atoms with Crippen LogP contribution >= 0.6 is 0 Å². The Balaban J connectivity index is 1.27. The summed E-state index contributed by atoms with van der Waals surface area (Å²) in [5.41, 5.74) is -1.84. The maximum absolute atomic E-state index is 12.9. The number of likely N-dealkylation sites (tertiary alicyclic amines) is 1. The third kappa shape index (κ3) is 4.90. The fourth-order valence-corrected chi connectivity index (χ4v) is 4.82. The summed E-state index contributed by atoms with van der Waals surface area (Å²) in [5, 5.41) is 9.48. The molecule has 4 heterocycles. The van der Waals surface area contributed by atoms with E-state index < -0.39 is 35.7 Å². The molecular weight excluding hydrogens is 459 g/mol. The number of anilines is 1. The zero-order chi connectivity index (χ0) is 24.7. The second-order valence-electron chi connectivity index (χ2n) is 9.19. The van der Waals surface area contributed by atoms with Gasteiger partial charge in [-0.25, -0.2) is 14.8 Å². The maximum Gasteiger partial charge on any atom is 0.419 e. The molecule has 3 saturated heterocycles. The van der Waals surface area contributed by atoms with Crippen molar-refractivity contribution in [2.24, 2.45) is 0 Å². The SMILES string of the molecule is CC1(C)OCC(COC2CCN(C3CCN(c4ncc(C(F)(F)F)cn4)CC3)C2=O)N1C(=O)O. The van der Waals surface area contributed by atoms with Crippen LogP contribution < -0.4 is 4.90 Å². The number of carboxylic acid groups (broad SMARTS) is 1. The number of halogens is 3. The third-order valence-corrected chi connectivity index (χ3v) is 6.61. The predicted octanol–water partition coefficient (Wildman–Crippen LogP) is 2.20. The fraction of sp³-hybridized carbons (Fsp3) is 0.714. The number of alkyl halides is 3. The van der Waals surface area contributed by atoms with Crippen LogP contribution in [0.1, 0.15) is 38.7 Å². The highest BCUT2D eigenvalue weighted by atomic mass is 19.4. The van der Waals surface area contributed by atoms with Crippen LogP contribution in [0.3, 0.4) is 0 Å². The van der Waals surface area contributed by atoms with Gasteiger partial charge in [-0.15, -0.1) is 0 Å². The Hall–Kier alpha value is -2.67. The van der Waals surface area contributed by atoms with E-state index in [1.54, 1.807) is 18.7 Å². The summed E-state index contributed by atoms with van der Waals surface area (Å²) in [5.74, 6) is 0.120. The van der Waals surface area contributed by atoms with Gasteiger partial charge in [0.15, 0.2) is 0 Å². The molecule has 3 fully saturated rings. The van der Waals surface area contributed by atoms with Gasteiger partial charge in [0.1, 0.15) is 11.8 Å². The van der Waals surface area contributed by atoms with Gasteiger partial charge in [0.05, 0.1) is 24.8 Å². The summed E-state index contributed by atoms with van der Waals surface area (Å²) in [7, 11) is 0. The van der Waals surface area contributed by atoms with Crippen LogP contribution in [0.15, 0.2) is 12.4 Å². The molecule has 3 aliphatic rings. The van der Waals surface area contributed by atoms with Crippen molar-refractivity contribution in [2.45, 2.75) is 63.2 Å². The van der Waals surface area contributed by atoms with E-state index >= 15 is 0 Å². The highest BCUT2D eigenvalue weighted by Crippen LogP contribution is 2.31. The van der Waals surface area contributed by atoms with E-state index in [2.05, 4.69) is 9.97 Å². The molecule has 2 atom stereocenters. The van der Waals surface area contributed by atoms with Gasteiger partial charge in [0.25, 0.3) is 5.91 Å². The highest BCUT2D eigenvalue weighted by Gasteiger charge is 2.45. The Morgan fingerprint density at radius 1 is 1.21 bits per heavy atom. The number of amides is 2. The molecule has 10 nitrogen and oxygen atoms in total. The van der Waals surface area contributed by atoms with Crippen molar-refractivity contribution in [1.82, 2.24) is 19.8 Å². The maximum atomic E-state index is 12.9. The summed E-state index contributed by atoms with van der Waals surface area (Å²) < 4.78 is 49.5. The number of ether oxygens (including phenoxy) is 2. The number of aromatic nitrogens is 2. The van der Waals surface area contributed by atoms with Gasteiger partial charge in [0, 0.05) is 44.5 Å². The van der Waals surface area contributed by atoms with Crippen LogP contribution in [0.4, 0.5) is 23.9 Å². The minimum atomic E-state index is -4.48. The smallest absolute Gasteiger partial charge is 0.419 e. The molecule has 34 heavy (non-hydrogen) atoms. The largest absolute Gasteiger partial charge is 0.465 e. The lowest BCUT2D eigenvalue weighted by molar-refractivity contribution is -0.140. The van der Waals surface area contributed by atoms with Crippen LogP contribution in [-0.2, 0) is 20.4 Å². The van der Waals surface area contributed by atoms with Crippen LogP contribution in [0.5, 0.6) is 0 Å². The Bertz CT molecular complexity index is 905. The number of carbonyl (C=O) groups excluding carboxylic acids is 1. The third-order valence-electron chi connectivity index (χ3n) is 6.61. The van der Waals surface area contributed by atoms with Gasteiger partial charge in [-0.05, 0) is 26.7 Å². The molecular formula is C21H28F3N5O5. The van der Waals surface area contributed by atoms with E-state index in [1.165, 1.54) is 4.90 Å². The first kappa shape index (κ1) is 24.5. The van der Waals surface area contributed by atoms with E-state index in [1.807, 2.05) is 4.90 Å². The number of hydrogen-bond acceptors (Lipinski definition) is 7. The lowest BCUT2D eigenvalue weighted by Crippen LogP contribution is -2.49. The number of carbonyl (C=O) groups is 2. The van der Waals surface area contributed by atoms with E-state index in [-0.39, 0.29) is 31.1 Å². The van der Waals surface area contributed by atoms with Crippen LogP contribution in [0, 0.1) is 0 Å². The Morgan fingerprint density at radius 3 is 2.44 bits per heavy atom. The molecule has 0 aliphatic carbocycles. The number of nitrogens with zero attached hydrogens (tertiary/aromatic N) is 5. The first-order valence-corrected chi connectivity index (χ1v) is 11.2. The van der Waals surface area contributed by atoms with Gasteiger partial charge in [-0.2, -0.15) is 13.2 Å². The average Bonchev–Trinajstić information content (AvgIpc) is 3.30. The molecule has 2 unspecified atom stereocenters. The van der Waals surface area contributed by atoms with Crippen molar-refractivity contribution in [2.75, 3.05) is 37.7 Å². The first-order valence-electron chi connectivity index (χ1n) is 11.2. The molecule has 0 bridgehead atoms. The van der Waals surface area contributed by atoms with Crippen LogP contribution in [0.2, 0.25) is 0 Å². The van der Waals surface area contributed by atoms with E-state index in [9.17, 15) is 27.9 Å². The highest BCUT2D eigenvalue weighted by molar-refractivity contribution is 5.83. The van der Waals surface area contributed by atoms with E-state index in [4.69, 9.17) is 9.47 Å². The van der Waals surface area contributed by atoms with Crippen molar-refractivity contribution in [3.63, 3.8) is 0 Å². The summed E-state index contributed by atoms with van der Waals surface area (Å²) >= 11 is 0. The van der Waals surface area contributed by atoms with Gasteiger partial charge in [0.2, 0.25) is 5.95 Å². The van der Waals surface area contributed by atoms with E-state index in [0.29, 0.717) is 38.9 Å². The predicted molar refractivity (Wildman–Crippen MR) is 112 cm³/mol. The van der Waals surface area contributed by atoms with E-state index in [0.717, 1.165) is 12.4 Å². The van der Waals surface area contributed by atoms with Gasteiger partial charge >= 0.3 is 12.3 Å². The molecule has 13 heteroatoms. The van der Waals surface area contributed by atoms with Crippen molar-refractivity contribution >= 4 is 17.9 Å². The molecule has 0 saturated carbocycles. The van der Waals surface area contributed by atoms with Crippen molar-refractivity contribution in [1.29, 1.82) is 0 Å². The molecule has 1 N–H and O–H groups in total. The molecule has 3 aliphatic heterocycles. The molecule has 188 valence electrons. The molecule has 1 aromatic heterocycles. The summed E-state index contributed by atoms with van der Waals surface area (Å²) in [6.45, 7) is 5.20. The molecule has 1 aromatic rings. The Kier molecular flexibility index (Phi) is 6.60. The standard InChI is InChI=1S/C21H28F3N5O5/c1-20(2)29(19(31)32)15(12-34-20)11-33-16-5-8-28(17(16)30)14-3-6-27(7-4-14)18-25-9-13(10-26-18)21(22,23)24/h9-10,14-16H,3-8,11-12H2,1-2H3,(H,31,32). The van der Waals surface area contributed by atoms with Gasteiger partial charge in [-0.3, -0.25) is 9.69 Å². The minimum Gasteiger partial charge on any atom is -0.465 e. The zero-order valence-electron chi connectivity index (χ0n) is 19.0. The Labute approximate surface area is 194 Å². The zero-order valence-corrected chi connectivity index (χ0v) is 19.0.